The van der Waals surface area contributed by atoms with E-state index >= 15 is 0 Å². The van der Waals surface area contributed by atoms with Gasteiger partial charge in [0, 0.05) is 23.6 Å². The van der Waals surface area contributed by atoms with E-state index in [0.717, 1.165) is 23.0 Å². The second-order valence-electron chi connectivity index (χ2n) is 9.36. The van der Waals surface area contributed by atoms with E-state index in [1.807, 2.05) is 0 Å². The lowest BCUT2D eigenvalue weighted by atomic mass is 9.83. The van der Waals surface area contributed by atoms with E-state index in [-0.39, 0.29) is 35.5 Å². The topological polar surface area (TPSA) is 173 Å². The van der Waals surface area contributed by atoms with Gasteiger partial charge in [0.05, 0.1) is 35.5 Å². The lowest BCUT2D eigenvalue weighted by molar-refractivity contribution is -0.164. The highest BCUT2D eigenvalue weighted by Gasteiger charge is 2.57. The number of rotatable bonds is 13. The molecule has 14 heteroatoms. The van der Waals surface area contributed by atoms with Gasteiger partial charge in [0.1, 0.15) is 5.70 Å². The first-order chi connectivity index (χ1) is 20.7. The number of nitrogens with zero attached hydrogens (tertiary/aromatic N) is 2. The van der Waals surface area contributed by atoms with Gasteiger partial charge in [-0.15, -0.1) is 11.8 Å². The van der Waals surface area contributed by atoms with E-state index in [4.69, 9.17) is 24.4 Å². The molecule has 0 aliphatic carbocycles. The summed E-state index contributed by atoms with van der Waals surface area (Å²) in [4.78, 5) is 65.0. The van der Waals surface area contributed by atoms with Crippen molar-refractivity contribution in [3.05, 3.63) is 82.4 Å². The Kier molecular flexibility index (Phi) is 10.5. The van der Waals surface area contributed by atoms with Gasteiger partial charge >= 0.3 is 24.0 Å². The van der Waals surface area contributed by atoms with Crippen LogP contribution in [0.2, 0.25) is 0 Å². The zero-order valence-electron chi connectivity index (χ0n) is 23.0. The van der Waals surface area contributed by atoms with Crippen molar-refractivity contribution in [1.82, 2.24) is 9.80 Å². The Morgan fingerprint density at radius 2 is 1.49 bits per heavy atom. The van der Waals surface area contributed by atoms with Crippen molar-refractivity contribution in [2.45, 2.75) is 25.5 Å². The monoisotopic (exact) mass is 611 g/mol. The summed E-state index contributed by atoms with van der Waals surface area (Å²) in [6.07, 6.45) is -0.835. The van der Waals surface area contributed by atoms with Gasteiger partial charge in [-0.1, -0.05) is 36.4 Å². The van der Waals surface area contributed by atoms with Gasteiger partial charge in [0.15, 0.2) is 0 Å². The molecule has 13 nitrogen and oxygen atoms in total. The molecule has 0 saturated carbocycles. The number of benzene rings is 2. The predicted molar refractivity (Wildman–Crippen MR) is 151 cm³/mol. The van der Waals surface area contributed by atoms with Crippen molar-refractivity contribution in [1.29, 1.82) is 5.41 Å². The van der Waals surface area contributed by atoms with Crippen LogP contribution in [0.3, 0.4) is 0 Å². The number of nitrogens with one attached hydrogen (secondary N) is 1. The van der Waals surface area contributed by atoms with Crippen LogP contribution >= 0.6 is 11.8 Å². The zero-order valence-corrected chi connectivity index (χ0v) is 23.9. The highest BCUT2D eigenvalue weighted by atomic mass is 32.2. The molecule has 2 heterocycles. The largest absolute Gasteiger partial charge is 0.424 e. The van der Waals surface area contributed by atoms with Gasteiger partial charge in [-0.2, -0.15) is 0 Å². The summed E-state index contributed by atoms with van der Waals surface area (Å²) in [6.45, 7) is 0.150. The van der Waals surface area contributed by atoms with Gasteiger partial charge in [0.2, 0.25) is 19.5 Å². The number of fused-ring (bicyclic) bond motifs is 1. The number of ether oxygens (including phenoxy) is 4. The number of β-lactam (4-membered cyclic amide) rings is 1. The summed E-state index contributed by atoms with van der Waals surface area (Å²) < 4.78 is 20.0. The van der Waals surface area contributed by atoms with Gasteiger partial charge in [-0.3, -0.25) is 15.1 Å². The second kappa shape index (κ2) is 14.5. The molecule has 0 radical (unpaired) electrons. The molecule has 0 bridgehead atoms. The van der Waals surface area contributed by atoms with Gasteiger partial charge < -0.3 is 29.0 Å². The van der Waals surface area contributed by atoms with Crippen LogP contribution in [0.4, 0.5) is 4.79 Å². The SMILES string of the molecule is CC(O)[C@H]1C(=O)N2C(C(=O)OCOC(=O)c3ccccc3)=C(SCCN(C=N)C(=O)OCOC(=O)c3ccccc3)CC12. The Labute approximate surface area is 250 Å². The average molecular weight is 612 g/mol. The van der Waals surface area contributed by atoms with E-state index in [2.05, 4.69) is 0 Å². The quantitative estimate of drug-likeness (QED) is 0.112. The normalized spacial score (nSPS) is 17.7. The van der Waals surface area contributed by atoms with Crippen molar-refractivity contribution >= 4 is 48.0 Å². The lowest BCUT2D eigenvalue weighted by Gasteiger charge is -2.44. The Morgan fingerprint density at radius 3 is 2.02 bits per heavy atom. The summed E-state index contributed by atoms with van der Waals surface area (Å²) in [7, 11) is 0. The molecule has 2 aliphatic heterocycles. The first kappa shape index (κ1) is 31.3. The van der Waals surface area contributed by atoms with Crippen LogP contribution in [0.5, 0.6) is 0 Å². The third-order valence-corrected chi connectivity index (χ3v) is 7.75. The van der Waals surface area contributed by atoms with Crippen molar-refractivity contribution in [2.24, 2.45) is 5.92 Å². The number of aliphatic hydroxyl groups excluding tert-OH is 1. The Hall–Kier alpha value is -4.69. The first-order valence-electron chi connectivity index (χ1n) is 13.2. The van der Waals surface area contributed by atoms with Crippen LogP contribution in [0.1, 0.15) is 34.1 Å². The molecule has 0 aromatic heterocycles. The fraction of sp³-hybridized carbons (Fsp3) is 0.310. The van der Waals surface area contributed by atoms with Crippen molar-refractivity contribution in [3.8, 4) is 0 Å². The average Bonchev–Trinajstić information content (AvgIpc) is 3.33. The minimum Gasteiger partial charge on any atom is -0.424 e. The summed E-state index contributed by atoms with van der Waals surface area (Å²) >= 11 is 1.16. The lowest BCUT2D eigenvalue weighted by Crippen LogP contribution is -2.61. The fourth-order valence-corrected chi connectivity index (χ4v) is 5.70. The fourth-order valence-electron chi connectivity index (χ4n) is 4.56. The molecule has 1 saturated heterocycles. The molecule has 0 spiro atoms. The molecule has 2 aromatic rings. The minimum absolute atomic E-state index is 0.0153. The maximum atomic E-state index is 13.0. The maximum Gasteiger partial charge on any atom is 0.417 e. The van der Waals surface area contributed by atoms with E-state index in [9.17, 15) is 29.1 Å². The van der Waals surface area contributed by atoms with Crippen LogP contribution in [0.15, 0.2) is 71.3 Å². The standard InChI is InChI=1S/C29H29N3O10S/c1-18(33)23-21-14-22(24(32(21)25(23)34)28(37)41-16-39-26(35)19-8-4-2-5-9-19)43-13-12-31(15-30)29(38)42-17-40-27(36)20-10-6-3-7-11-20/h2-11,15,18,21,23,30,33H,12-14,16-17H2,1H3/t18?,21?,23-/m1/s1. The maximum absolute atomic E-state index is 13.0. The molecule has 4 rings (SSSR count). The molecule has 2 aliphatic rings. The van der Waals surface area contributed by atoms with E-state index in [0.29, 0.717) is 4.91 Å². The Balaban J connectivity index is 1.32. The number of esters is 3. The molecule has 226 valence electrons. The molecule has 2 amide bonds. The molecule has 3 atom stereocenters. The van der Waals surface area contributed by atoms with Crippen molar-refractivity contribution in [3.63, 3.8) is 0 Å². The van der Waals surface area contributed by atoms with Crippen molar-refractivity contribution < 1.29 is 48.0 Å². The first-order valence-corrected chi connectivity index (χ1v) is 14.1. The second-order valence-corrected chi connectivity index (χ2v) is 10.6. The number of carbonyl (C=O) groups is 5. The summed E-state index contributed by atoms with van der Waals surface area (Å²) in [5.41, 5.74) is 0.536. The molecule has 2 N–H and O–H groups in total. The third kappa shape index (κ3) is 7.40. The molecular formula is C29H29N3O10S. The van der Waals surface area contributed by atoms with Crippen LogP contribution in [0, 0.1) is 11.3 Å². The molecule has 43 heavy (non-hydrogen) atoms. The number of amides is 2. The number of carbonyl (C=O) groups excluding carboxylic acids is 5. The summed E-state index contributed by atoms with van der Waals surface area (Å²) in [6, 6.07) is 15.8. The van der Waals surface area contributed by atoms with Gasteiger partial charge in [-0.05, 0) is 31.2 Å². The predicted octanol–water partition coefficient (Wildman–Crippen LogP) is 2.76. The summed E-state index contributed by atoms with van der Waals surface area (Å²) in [5.74, 6) is -3.18. The van der Waals surface area contributed by atoms with Crippen molar-refractivity contribution in [2.75, 3.05) is 25.9 Å². The van der Waals surface area contributed by atoms with E-state index < -0.39 is 61.6 Å². The molecule has 2 unspecified atom stereocenters. The van der Waals surface area contributed by atoms with E-state index in [1.54, 1.807) is 60.7 Å². The Morgan fingerprint density at radius 1 is 0.953 bits per heavy atom. The summed E-state index contributed by atoms with van der Waals surface area (Å²) in [5, 5.41) is 17.6. The minimum atomic E-state index is -0.929. The number of thioether (sulfide) groups is 1. The van der Waals surface area contributed by atoms with Crippen LogP contribution < -0.4 is 0 Å². The number of aliphatic hydroxyl groups is 1. The zero-order chi connectivity index (χ0) is 30.9. The van der Waals surface area contributed by atoms with Crippen LogP contribution in [-0.2, 0) is 28.5 Å². The smallest absolute Gasteiger partial charge is 0.417 e. The number of hydrogen-bond acceptors (Lipinski definition) is 12. The van der Waals surface area contributed by atoms with Gasteiger partial charge in [-0.25, -0.2) is 19.2 Å². The van der Waals surface area contributed by atoms with E-state index in [1.165, 1.54) is 11.8 Å². The Bertz CT molecular complexity index is 1400. The van der Waals surface area contributed by atoms with Crippen LogP contribution in [-0.4, -0.2) is 89.2 Å². The highest BCUT2D eigenvalue weighted by Crippen LogP contribution is 2.47. The third-order valence-electron chi connectivity index (χ3n) is 6.65. The molecule has 2 aromatic carbocycles. The highest BCUT2D eigenvalue weighted by molar-refractivity contribution is 8.03. The molecular weight excluding hydrogens is 582 g/mol. The number of hydrogen-bond donors (Lipinski definition) is 2. The molecule has 1 fully saturated rings. The van der Waals surface area contributed by atoms with Gasteiger partial charge in [0.25, 0.3) is 0 Å². The van der Waals surface area contributed by atoms with Crippen LogP contribution in [0.25, 0.3) is 0 Å².